The summed E-state index contributed by atoms with van der Waals surface area (Å²) in [5.41, 5.74) is 4.34. The number of carboxylic acid groups (broad SMARTS) is 1. The van der Waals surface area contributed by atoms with Gasteiger partial charge in [0, 0.05) is 12.5 Å². The van der Waals surface area contributed by atoms with E-state index in [1.54, 1.807) is 18.2 Å². The molecule has 0 aliphatic rings. The van der Waals surface area contributed by atoms with E-state index in [4.69, 9.17) is 5.11 Å². The van der Waals surface area contributed by atoms with Gasteiger partial charge in [0.1, 0.15) is 5.75 Å². The summed E-state index contributed by atoms with van der Waals surface area (Å²) in [6.45, 7) is 1.94. The number of benzene rings is 3. The zero-order valence-corrected chi connectivity index (χ0v) is 17.5. The van der Waals surface area contributed by atoms with E-state index in [1.165, 1.54) is 0 Å². The highest BCUT2D eigenvalue weighted by atomic mass is 16.4. The first-order chi connectivity index (χ1) is 14.9. The van der Waals surface area contributed by atoms with Crippen LogP contribution < -0.4 is 5.32 Å². The minimum atomic E-state index is -0.808. The molecule has 3 N–H and O–H groups in total. The van der Waals surface area contributed by atoms with E-state index in [0.717, 1.165) is 22.3 Å². The number of carbonyl (C=O) groups is 2. The molecule has 0 saturated carbocycles. The lowest BCUT2D eigenvalue weighted by molar-refractivity contribution is -0.136. The molecule has 0 fully saturated rings. The van der Waals surface area contributed by atoms with Gasteiger partial charge in [-0.25, -0.2) is 0 Å². The minimum absolute atomic E-state index is 0.0443. The molecule has 0 radical (unpaired) electrons. The summed E-state index contributed by atoms with van der Waals surface area (Å²) in [6.07, 6.45) is 1.93. The molecule has 0 spiro atoms. The van der Waals surface area contributed by atoms with Crippen LogP contribution in [0.5, 0.6) is 5.75 Å². The molecule has 3 aromatic rings. The van der Waals surface area contributed by atoms with E-state index in [-0.39, 0.29) is 29.7 Å². The van der Waals surface area contributed by atoms with Crippen LogP contribution in [0.15, 0.2) is 72.8 Å². The summed E-state index contributed by atoms with van der Waals surface area (Å²) in [6, 6.07) is 22.7. The van der Waals surface area contributed by atoms with Gasteiger partial charge in [-0.1, -0.05) is 60.7 Å². The van der Waals surface area contributed by atoms with E-state index in [9.17, 15) is 14.7 Å². The van der Waals surface area contributed by atoms with Crippen molar-refractivity contribution >= 4 is 11.9 Å². The molecule has 5 heteroatoms. The lowest BCUT2D eigenvalue weighted by Gasteiger charge is -2.15. The Morgan fingerprint density at radius 2 is 1.52 bits per heavy atom. The van der Waals surface area contributed by atoms with E-state index in [0.29, 0.717) is 19.3 Å². The molecule has 0 saturated heterocycles. The SMILES string of the molecule is CC(Cc1ccccc1)NC(=O)c1cc(Cc2ccc(CCC(=O)O)cc2)ccc1O. The van der Waals surface area contributed by atoms with Crippen molar-refractivity contribution in [2.75, 3.05) is 0 Å². The third-order valence-corrected chi connectivity index (χ3v) is 5.13. The van der Waals surface area contributed by atoms with Gasteiger partial charge in [0.15, 0.2) is 0 Å². The van der Waals surface area contributed by atoms with Crippen LogP contribution in [0.1, 0.15) is 46.0 Å². The van der Waals surface area contributed by atoms with Crippen LogP contribution in [-0.2, 0) is 24.1 Å². The van der Waals surface area contributed by atoms with Crippen molar-refractivity contribution in [1.82, 2.24) is 5.32 Å². The number of carboxylic acids is 1. The second kappa shape index (κ2) is 10.4. The van der Waals surface area contributed by atoms with Crippen molar-refractivity contribution in [3.8, 4) is 5.75 Å². The number of carbonyl (C=O) groups excluding carboxylic acids is 1. The molecule has 1 amide bonds. The maximum atomic E-state index is 12.7. The number of hydrogen-bond donors (Lipinski definition) is 3. The molecule has 0 aliphatic carbocycles. The number of hydrogen-bond acceptors (Lipinski definition) is 3. The summed E-state index contributed by atoms with van der Waals surface area (Å²) in [5.74, 6) is -1.15. The Morgan fingerprint density at radius 1 is 0.871 bits per heavy atom. The molecule has 0 aromatic heterocycles. The number of aryl methyl sites for hydroxylation is 1. The van der Waals surface area contributed by atoms with Crippen LogP contribution in [0.3, 0.4) is 0 Å². The predicted octanol–water partition coefficient (Wildman–Crippen LogP) is 4.36. The smallest absolute Gasteiger partial charge is 0.303 e. The Kier molecular flexibility index (Phi) is 7.44. The monoisotopic (exact) mass is 417 g/mol. The Bertz CT molecular complexity index is 1030. The van der Waals surface area contributed by atoms with E-state index >= 15 is 0 Å². The van der Waals surface area contributed by atoms with Crippen LogP contribution in [0.4, 0.5) is 0 Å². The Labute approximate surface area is 182 Å². The van der Waals surface area contributed by atoms with Gasteiger partial charge in [-0.15, -0.1) is 0 Å². The molecule has 0 aliphatic heterocycles. The second-order valence-corrected chi connectivity index (χ2v) is 7.80. The van der Waals surface area contributed by atoms with Crippen LogP contribution in [0.2, 0.25) is 0 Å². The van der Waals surface area contributed by atoms with Crippen LogP contribution in [-0.4, -0.2) is 28.1 Å². The summed E-state index contributed by atoms with van der Waals surface area (Å²) < 4.78 is 0. The quantitative estimate of drug-likeness (QED) is 0.483. The third kappa shape index (κ3) is 6.71. The van der Waals surface area contributed by atoms with Crippen molar-refractivity contribution in [3.05, 3.63) is 101 Å². The highest BCUT2D eigenvalue weighted by Gasteiger charge is 2.15. The summed E-state index contributed by atoms with van der Waals surface area (Å²) in [4.78, 5) is 23.4. The zero-order valence-electron chi connectivity index (χ0n) is 17.5. The van der Waals surface area contributed by atoms with Gasteiger partial charge in [0.05, 0.1) is 5.56 Å². The molecule has 3 rings (SSSR count). The largest absolute Gasteiger partial charge is 0.507 e. The van der Waals surface area contributed by atoms with Gasteiger partial charge in [0.2, 0.25) is 0 Å². The number of rotatable bonds is 9. The molecule has 1 atom stereocenters. The fourth-order valence-corrected chi connectivity index (χ4v) is 3.51. The maximum Gasteiger partial charge on any atom is 0.303 e. The Hall–Kier alpha value is -3.60. The lowest BCUT2D eigenvalue weighted by Crippen LogP contribution is -2.34. The number of phenolic OH excluding ortho intramolecular Hbond substituents is 1. The Balaban J connectivity index is 1.64. The topological polar surface area (TPSA) is 86.6 Å². The first-order valence-electron chi connectivity index (χ1n) is 10.4. The molecular formula is C26H27NO4. The molecule has 160 valence electrons. The average Bonchev–Trinajstić information content (AvgIpc) is 2.75. The fraction of sp³-hybridized carbons (Fsp3) is 0.231. The van der Waals surface area contributed by atoms with Gasteiger partial charge in [-0.2, -0.15) is 0 Å². The average molecular weight is 418 g/mol. The first-order valence-corrected chi connectivity index (χ1v) is 10.4. The fourth-order valence-electron chi connectivity index (χ4n) is 3.51. The minimum Gasteiger partial charge on any atom is -0.507 e. The zero-order chi connectivity index (χ0) is 22.2. The van der Waals surface area contributed by atoms with Crippen molar-refractivity contribution in [3.63, 3.8) is 0 Å². The molecule has 1 unspecified atom stereocenters. The van der Waals surface area contributed by atoms with Gasteiger partial charge < -0.3 is 15.5 Å². The number of aliphatic carboxylic acids is 1. The summed E-state index contributed by atoms with van der Waals surface area (Å²) in [5, 5.41) is 22.0. The van der Waals surface area contributed by atoms with Crippen LogP contribution in [0, 0.1) is 0 Å². The molecule has 0 bridgehead atoms. The van der Waals surface area contributed by atoms with Gasteiger partial charge in [-0.05, 0) is 60.6 Å². The highest BCUT2D eigenvalue weighted by molar-refractivity contribution is 5.97. The van der Waals surface area contributed by atoms with Crippen LogP contribution in [0.25, 0.3) is 0 Å². The van der Waals surface area contributed by atoms with Gasteiger partial charge >= 0.3 is 5.97 Å². The second-order valence-electron chi connectivity index (χ2n) is 7.80. The number of aromatic hydroxyl groups is 1. The van der Waals surface area contributed by atoms with E-state index in [2.05, 4.69) is 5.32 Å². The molecule has 31 heavy (non-hydrogen) atoms. The Morgan fingerprint density at radius 3 is 2.19 bits per heavy atom. The molecule has 5 nitrogen and oxygen atoms in total. The highest BCUT2D eigenvalue weighted by Crippen LogP contribution is 2.21. The maximum absolute atomic E-state index is 12.7. The first kappa shape index (κ1) is 22.1. The van der Waals surface area contributed by atoms with E-state index in [1.807, 2.05) is 61.5 Å². The molecule has 0 heterocycles. The number of nitrogens with one attached hydrogen (secondary N) is 1. The van der Waals surface area contributed by atoms with Gasteiger partial charge in [0.25, 0.3) is 5.91 Å². The predicted molar refractivity (Wildman–Crippen MR) is 120 cm³/mol. The van der Waals surface area contributed by atoms with Crippen molar-refractivity contribution in [1.29, 1.82) is 0 Å². The van der Waals surface area contributed by atoms with Crippen molar-refractivity contribution in [2.24, 2.45) is 0 Å². The van der Waals surface area contributed by atoms with Crippen molar-refractivity contribution < 1.29 is 19.8 Å². The lowest BCUT2D eigenvalue weighted by atomic mass is 9.99. The molecular weight excluding hydrogens is 390 g/mol. The number of phenols is 1. The third-order valence-electron chi connectivity index (χ3n) is 5.13. The number of amides is 1. The van der Waals surface area contributed by atoms with Gasteiger partial charge in [-0.3, -0.25) is 9.59 Å². The van der Waals surface area contributed by atoms with Crippen molar-refractivity contribution in [2.45, 2.75) is 38.6 Å². The normalized spacial score (nSPS) is 11.6. The molecule has 3 aromatic carbocycles. The standard InChI is InChI=1S/C26H27NO4/c1-18(15-20-5-3-2-4-6-20)27-26(31)23-17-22(11-13-24(23)28)16-21-9-7-19(8-10-21)12-14-25(29)30/h2-11,13,17-18,28H,12,14-16H2,1H3,(H,27,31)(H,29,30). The van der Waals surface area contributed by atoms with E-state index < -0.39 is 5.97 Å². The summed E-state index contributed by atoms with van der Waals surface area (Å²) in [7, 11) is 0. The summed E-state index contributed by atoms with van der Waals surface area (Å²) >= 11 is 0. The van der Waals surface area contributed by atoms with Crippen LogP contribution >= 0.6 is 0 Å².